The van der Waals surface area contributed by atoms with E-state index in [0.29, 0.717) is 0 Å². The van der Waals surface area contributed by atoms with Gasteiger partial charge in [0.2, 0.25) is 0 Å². The largest absolute Gasteiger partial charge is 0.465 e. The number of β-amino-alcohol motifs (C(OH)–C–C–N with tert-alkyl or cyclic N) is 1. The third kappa shape index (κ3) is 0.853. The third-order valence-corrected chi connectivity index (χ3v) is 1.68. The van der Waals surface area contributed by atoms with Crippen LogP contribution >= 0.6 is 0 Å². The number of hydrogen-bond donors (Lipinski definition) is 2. The summed E-state index contributed by atoms with van der Waals surface area (Å²) in [4.78, 5) is 11.4. The zero-order valence-electron chi connectivity index (χ0n) is 5.11. The maximum atomic E-state index is 10.2. The van der Waals surface area contributed by atoms with Crippen molar-refractivity contribution in [1.82, 2.24) is 4.90 Å². The number of carboxylic acid groups (broad SMARTS) is 1. The number of aliphatic hydroxyl groups excluding tert-OH is 1. The maximum absolute atomic E-state index is 10.2. The van der Waals surface area contributed by atoms with Crippen LogP contribution in [0, 0.1) is 0 Å². The van der Waals surface area contributed by atoms with Crippen molar-refractivity contribution >= 4 is 6.09 Å². The normalized spacial score (nSPS) is 33.8. The fourth-order valence-corrected chi connectivity index (χ4v) is 0.842. The molecule has 0 radical (unpaired) electrons. The zero-order chi connectivity index (χ0) is 7.02. The molecule has 2 atom stereocenters. The second kappa shape index (κ2) is 1.88. The number of amides is 1. The van der Waals surface area contributed by atoms with Crippen LogP contribution in [0.25, 0.3) is 0 Å². The molecule has 0 aromatic rings. The van der Waals surface area contributed by atoms with Gasteiger partial charge in [-0.1, -0.05) is 0 Å². The Morgan fingerprint density at radius 3 is 2.44 bits per heavy atom. The van der Waals surface area contributed by atoms with Gasteiger partial charge in [-0.3, -0.25) is 0 Å². The lowest BCUT2D eigenvalue weighted by atomic mass is 10.0. The van der Waals surface area contributed by atoms with E-state index in [-0.39, 0.29) is 12.6 Å². The molecular weight excluding hydrogens is 122 g/mol. The molecule has 1 aliphatic rings. The van der Waals surface area contributed by atoms with E-state index < -0.39 is 12.2 Å². The van der Waals surface area contributed by atoms with Crippen LogP contribution < -0.4 is 0 Å². The highest BCUT2D eigenvalue weighted by Gasteiger charge is 2.36. The van der Waals surface area contributed by atoms with E-state index in [2.05, 4.69) is 0 Å². The number of rotatable bonds is 0. The molecule has 4 nitrogen and oxygen atoms in total. The van der Waals surface area contributed by atoms with Crippen molar-refractivity contribution in [1.29, 1.82) is 0 Å². The minimum Gasteiger partial charge on any atom is -0.465 e. The lowest BCUT2D eigenvalue weighted by molar-refractivity contribution is -0.0376. The van der Waals surface area contributed by atoms with Gasteiger partial charge in [0.05, 0.1) is 18.7 Å². The van der Waals surface area contributed by atoms with Gasteiger partial charge in [0, 0.05) is 0 Å². The predicted octanol–water partition coefficient (Wildman–Crippen LogP) is -0.271. The quantitative estimate of drug-likeness (QED) is 0.475. The first kappa shape index (κ1) is 6.35. The number of nitrogens with zero attached hydrogens (tertiary/aromatic N) is 1. The molecule has 0 saturated carbocycles. The van der Waals surface area contributed by atoms with E-state index in [9.17, 15) is 4.79 Å². The van der Waals surface area contributed by atoms with Gasteiger partial charge in [-0.2, -0.15) is 0 Å². The van der Waals surface area contributed by atoms with Crippen LogP contribution in [0.5, 0.6) is 0 Å². The van der Waals surface area contributed by atoms with Gasteiger partial charge in [-0.05, 0) is 6.92 Å². The monoisotopic (exact) mass is 131 g/mol. The molecular formula is C5H9NO3. The van der Waals surface area contributed by atoms with E-state index in [1.807, 2.05) is 0 Å². The van der Waals surface area contributed by atoms with Crippen molar-refractivity contribution in [3.8, 4) is 0 Å². The van der Waals surface area contributed by atoms with Crippen LogP contribution in [0.15, 0.2) is 0 Å². The van der Waals surface area contributed by atoms with Crippen molar-refractivity contribution in [3.63, 3.8) is 0 Å². The second-order valence-corrected chi connectivity index (χ2v) is 2.24. The molecule has 4 heteroatoms. The van der Waals surface area contributed by atoms with E-state index in [4.69, 9.17) is 10.2 Å². The molecule has 52 valence electrons. The van der Waals surface area contributed by atoms with E-state index in [0.717, 1.165) is 0 Å². The minimum absolute atomic E-state index is 0.220. The molecule has 1 amide bonds. The first-order chi connectivity index (χ1) is 4.13. The third-order valence-electron chi connectivity index (χ3n) is 1.68. The molecule has 9 heavy (non-hydrogen) atoms. The van der Waals surface area contributed by atoms with Gasteiger partial charge in [0.1, 0.15) is 0 Å². The lowest BCUT2D eigenvalue weighted by Gasteiger charge is -2.40. The highest BCUT2D eigenvalue weighted by molar-refractivity contribution is 5.66. The fraction of sp³-hybridized carbons (Fsp3) is 0.800. The Morgan fingerprint density at radius 2 is 2.33 bits per heavy atom. The minimum atomic E-state index is -0.951. The Bertz CT molecular complexity index is 136. The summed E-state index contributed by atoms with van der Waals surface area (Å²) in [5.74, 6) is 0. The molecule has 0 bridgehead atoms. The number of hydrogen-bond acceptors (Lipinski definition) is 2. The number of likely N-dealkylation sites (tertiary alicyclic amines) is 1. The van der Waals surface area contributed by atoms with Crippen LogP contribution in [-0.2, 0) is 0 Å². The van der Waals surface area contributed by atoms with E-state index in [1.165, 1.54) is 4.90 Å². The summed E-state index contributed by atoms with van der Waals surface area (Å²) >= 11 is 0. The molecule has 0 aromatic heterocycles. The van der Waals surface area contributed by atoms with Crippen molar-refractivity contribution in [2.75, 3.05) is 6.54 Å². The zero-order valence-corrected chi connectivity index (χ0v) is 5.11. The summed E-state index contributed by atoms with van der Waals surface area (Å²) in [6.45, 7) is 1.94. The van der Waals surface area contributed by atoms with Crippen LogP contribution in [0.1, 0.15) is 6.92 Å². The van der Waals surface area contributed by atoms with Gasteiger partial charge in [-0.15, -0.1) is 0 Å². The van der Waals surface area contributed by atoms with Gasteiger partial charge in [-0.25, -0.2) is 4.79 Å². The Kier molecular flexibility index (Phi) is 1.32. The van der Waals surface area contributed by atoms with Gasteiger partial charge >= 0.3 is 6.09 Å². The maximum Gasteiger partial charge on any atom is 0.407 e. The summed E-state index contributed by atoms with van der Waals surface area (Å²) < 4.78 is 0. The van der Waals surface area contributed by atoms with Crippen molar-refractivity contribution in [2.45, 2.75) is 19.1 Å². The Hall–Kier alpha value is -0.770. The molecule has 0 aliphatic carbocycles. The standard InChI is InChI=1S/C5H9NO3/c1-3-4(7)2-6(3)5(8)9/h3-4,7H,2H2,1H3,(H,8,9)/t3-,4+/m0/s1. The molecule has 0 unspecified atom stereocenters. The van der Waals surface area contributed by atoms with Gasteiger partial charge < -0.3 is 15.1 Å². The lowest BCUT2D eigenvalue weighted by Crippen LogP contribution is -2.60. The average molecular weight is 131 g/mol. The van der Waals surface area contributed by atoms with Crippen molar-refractivity contribution < 1.29 is 15.0 Å². The Balaban J connectivity index is 2.42. The second-order valence-electron chi connectivity index (χ2n) is 2.24. The topological polar surface area (TPSA) is 60.8 Å². The fourth-order valence-electron chi connectivity index (χ4n) is 0.842. The molecule has 0 spiro atoms. The molecule has 1 aliphatic heterocycles. The number of carbonyl (C=O) groups is 1. The first-order valence-corrected chi connectivity index (χ1v) is 2.80. The van der Waals surface area contributed by atoms with Crippen molar-refractivity contribution in [2.24, 2.45) is 0 Å². The summed E-state index contributed by atoms with van der Waals surface area (Å²) in [6, 6.07) is -0.220. The highest BCUT2D eigenvalue weighted by Crippen LogP contribution is 2.16. The summed E-state index contributed by atoms with van der Waals surface area (Å²) in [7, 11) is 0. The number of aliphatic hydroxyl groups is 1. The average Bonchev–Trinajstić information content (AvgIpc) is 1.81. The molecule has 1 heterocycles. The van der Waals surface area contributed by atoms with Gasteiger partial charge in [0.25, 0.3) is 0 Å². The molecule has 2 N–H and O–H groups in total. The van der Waals surface area contributed by atoms with Crippen LogP contribution in [0.3, 0.4) is 0 Å². The summed E-state index contributed by atoms with van der Waals surface area (Å²) in [5, 5.41) is 17.2. The molecule has 1 rings (SSSR count). The van der Waals surface area contributed by atoms with E-state index in [1.54, 1.807) is 6.92 Å². The summed E-state index contributed by atoms with van der Waals surface area (Å²) in [6.07, 6.45) is -1.41. The van der Waals surface area contributed by atoms with Crippen molar-refractivity contribution in [3.05, 3.63) is 0 Å². The van der Waals surface area contributed by atoms with Crippen LogP contribution in [0.2, 0.25) is 0 Å². The SMILES string of the molecule is C[C@H]1[C@H](O)CN1C(=O)O. The van der Waals surface area contributed by atoms with Gasteiger partial charge in [0.15, 0.2) is 0 Å². The van der Waals surface area contributed by atoms with E-state index >= 15 is 0 Å². The first-order valence-electron chi connectivity index (χ1n) is 2.80. The molecule has 1 fully saturated rings. The summed E-state index contributed by atoms with van der Waals surface area (Å²) in [5.41, 5.74) is 0. The van der Waals surface area contributed by atoms with Crippen LogP contribution in [0.4, 0.5) is 4.79 Å². The molecule has 0 aromatic carbocycles. The van der Waals surface area contributed by atoms with Crippen LogP contribution in [-0.4, -0.2) is 39.9 Å². The highest BCUT2D eigenvalue weighted by atomic mass is 16.4. The Labute approximate surface area is 52.7 Å². The predicted molar refractivity (Wildman–Crippen MR) is 30.2 cm³/mol. The molecule has 1 saturated heterocycles. The Morgan fingerprint density at radius 1 is 1.78 bits per heavy atom. The smallest absolute Gasteiger partial charge is 0.407 e.